The summed E-state index contributed by atoms with van der Waals surface area (Å²) in [5.74, 6) is 2.59. The summed E-state index contributed by atoms with van der Waals surface area (Å²) >= 11 is 7.37. The molecule has 0 unspecified atom stereocenters. The zero-order valence-electron chi connectivity index (χ0n) is 18.3. The first-order chi connectivity index (χ1) is 15.4. The Bertz CT molecular complexity index is 1120. The van der Waals surface area contributed by atoms with E-state index in [1.54, 1.807) is 32.4 Å². The Morgan fingerprint density at radius 1 is 0.969 bits per heavy atom. The number of halogens is 1. The third-order valence-electron chi connectivity index (χ3n) is 4.56. The molecular weight excluding hydrogens is 456 g/mol. The number of nitrogens with zero attached hydrogens (tertiary/aromatic N) is 3. The monoisotopic (exact) mass is 478 g/mol. The smallest absolute Gasteiger partial charge is 0.234 e. The molecule has 1 N–H and O–H groups in total. The Kier molecular flexibility index (Phi) is 7.70. The number of amides is 1. The van der Waals surface area contributed by atoms with Gasteiger partial charge in [0.05, 0.1) is 44.9 Å². The van der Waals surface area contributed by atoms with Gasteiger partial charge in [-0.25, -0.2) is 0 Å². The number of anilines is 1. The van der Waals surface area contributed by atoms with Crippen molar-refractivity contribution < 1.29 is 23.7 Å². The second-order valence-electron chi connectivity index (χ2n) is 6.46. The molecule has 0 saturated heterocycles. The molecule has 9 nitrogen and oxygen atoms in total. The van der Waals surface area contributed by atoms with Crippen molar-refractivity contribution >= 4 is 35.0 Å². The molecule has 0 atom stereocenters. The van der Waals surface area contributed by atoms with Gasteiger partial charge in [0, 0.05) is 24.7 Å². The van der Waals surface area contributed by atoms with Gasteiger partial charge in [-0.15, -0.1) is 10.2 Å². The number of hydrogen-bond acceptors (Lipinski definition) is 8. The van der Waals surface area contributed by atoms with Gasteiger partial charge in [0.15, 0.2) is 22.5 Å². The molecule has 0 saturated carbocycles. The largest absolute Gasteiger partial charge is 0.495 e. The van der Waals surface area contributed by atoms with E-state index in [0.29, 0.717) is 44.7 Å². The highest BCUT2D eigenvalue weighted by Crippen LogP contribution is 2.36. The maximum Gasteiger partial charge on any atom is 0.234 e. The first-order valence-corrected chi connectivity index (χ1v) is 10.7. The van der Waals surface area contributed by atoms with Crippen molar-refractivity contribution in [3.63, 3.8) is 0 Å². The first-order valence-electron chi connectivity index (χ1n) is 9.37. The van der Waals surface area contributed by atoms with Gasteiger partial charge in [0.1, 0.15) is 11.5 Å². The van der Waals surface area contributed by atoms with Crippen LogP contribution < -0.4 is 24.3 Å². The molecule has 11 heteroatoms. The molecule has 0 aliphatic rings. The van der Waals surface area contributed by atoms with E-state index in [9.17, 15) is 4.79 Å². The molecule has 1 heterocycles. The molecule has 2 aromatic carbocycles. The lowest BCUT2D eigenvalue weighted by Gasteiger charge is -2.13. The highest BCUT2D eigenvalue weighted by molar-refractivity contribution is 7.99. The fraction of sp³-hybridized carbons (Fsp3) is 0.286. The topological polar surface area (TPSA) is 96.7 Å². The summed E-state index contributed by atoms with van der Waals surface area (Å²) < 4.78 is 22.9. The summed E-state index contributed by atoms with van der Waals surface area (Å²) in [5, 5.41) is 12.2. The fourth-order valence-electron chi connectivity index (χ4n) is 2.94. The van der Waals surface area contributed by atoms with Gasteiger partial charge in [-0.1, -0.05) is 23.4 Å². The zero-order valence-corrected chi connectivity index (χ0v) is 19.8. The predicted octanol–water partition coefficient (Wildman–Crippen LogP) is 3.90. The third kappa shape index (κ3) is 5.03. The number of carbonyl (C=O) groups is 1. The summed E-state index contributed by atoms with van der Waals surface area (Å²) in [6, 6.07) is 8.69. The lowest BCUT2D eigenvalue weighted by Crippen LogP contribution is -2.15. The van der Waals surface area contributed by atoms with E-state index >= 15 is 0 Å². The van der Waals surface area contributed by atoms with E-state index in [4.69, 9.17) is 30.5 Å². The van der Waals surface area contributed by atoms with E-state index in [0.717, 1.165) is 5.56 Å². The molecule has 1 amide bonds. The van der Waals surface area contributed by atoms with E-state index in [-0.39, 0.29) is 11.7 Å². The number of methoxy groups -OCH3 is 4. The van der Waals surface area contributed by atoms with Crippen LogP contribution in [-0.4, -0.2) is 54.9 Å². The van der Waals surface area contributed by atoms with Crippen molar-refractivity contribution in [1.82, 2.24) is 14.8 Å². The van der Waals surface area contributed by atoms with Gasteiger partial charge in [0.2, 0.25) is 5.91 Å². The third-order valence-corrected chi connectivity index (χ3v) is 5.87. The molecule has 3 aromatic rings. The Labute approximate surface area is 195 Å². The van der Waals surface area contributed by atoms with Crippen molar-refractivity contribution in [3.05, 3.63) is 35.4 Å². The molecule has 0 fully saturated rings. The maximum absolute atomic E-state index is 12.5. The molecule has 1 aromatic heterocycles. The normalized spacial score (nSPS) is 10.6. The van der Waals surface area contributed by atoms with E-state index in [2.05, 4.69) is 15.5 Å². The van der Waals surface area contributed by atoms with E-state index in [1.807, 2.05) is 23.7 Å². The van der Waals surface area contributed by atoms with Crippen LogP contribution in [0.25, 0.3) is 11.4 Å². The van der Waals surface area contributed by atoms with E-state index in [1.165, 1.54) is 26.0 Å². The zero-order chi connectivity index (χ0) is 23.3. The summed E-state index contributed by atoms with van der Waals surface area (Å²) in [4.78, 5) is 12.5. The molecule has 0 radical (unpaired) electrons. The van der Waals surface area contributed by atoms with Crippen LogP contribution in [0.15, 0.2) is 35.5 Å². The molecule has 170 valence electrons. The van der Waals surface area contributed by atoms with Gasteiger partial charge in [-0.2, -0.15) is 0 Å². The van der Waals surface area contributed by atoms with Crippen LogP contribution in [-0.2, 0) is 11.8 Å². The number of aromatic nitrogens is 3. The predicted molar refractivity (Wildman–Crippen MR) is 123 cm³/mol. The van der Waals surface area contributed by atoms with Crippen molar-refractivity contribution in [3.8, 4) is 34.4 Å². The second-order valence-corrected chi connectivity index (χ2v) is 7.81. The summed E-state index contributed by atoms with van der Waals surface area (Å²) in [6.45, 7) is 0. The Balaban J connectivity index is 1.71. The standard InChI is InChI=1S/C21H23ClN4O5S/c1-26-20(12-6-7-15(28-2)18(8-12)31-5)24-25-21(26)32-11-19(27)23-14-10-16(29-3)13(22)9-17(14)30-4/h6-10H,11H2,1-5H3,(H,23,27). The van der Waals surface area contributed by atoms with Crippen LogP contribution in [0.4, 0.5) is 5.69 Å². The van der Waals surface area contributed by atoms with Gasteiger partial charge >= 0.3 is 0 Å². The number of benzene rings is 2. The van der Waals surface area contributed by atoms with Gasteiger partial charge < -0.3 is 28.8 Å². The molecule has 0 aliphatic heterocycles. The van der Waals surface area contributed by atoms with E-state index < -0.39 is 0 Å². The van der Waals surface area contributed by atoms with Crippen molar-refractivity contribution in [2.24, 2.45) is 7.05 Å². The Morgan fingerprint density at radius 2 is 1.66 bits per heavy atom. The number of rotatable bonds is 9. The van der Waals surface area contributed by atoms with Gasteiger partial charge in [0.25, 0.3) is 0 Å². The van der Waals surface area contributed by atoms with Crippen molar-refractivity contribution in [1.29, 1.82) is 0 Å². The minimum Gasteiger partial charge on any atom is -0.495 e. The number of nitrogens with one attached hydrogen (secondary N) is 1. The average molecular weight is 479 g/mol. The summed E-state index contributed by atoms with van der Waals surface area (Å²) in [5.41, 5.74) is 1.27. The lowest BCUT2D eigenvalue weighted by atomic mass is 10.2. The number of ether oxygens (including phenoxy) is 4. The van der Waals surface area contributed by atoms with Gasteiger partial charge in [-0.05, 0) is 18.2 Å². The minimum absolute atomic E-state index is 0.117. The second kappa shape index (κ2) is 10.5. The quantitative estimate of drug-likeness (QED) is 0.462. The average Bonchev–Trinajstić information content (AvgIpc) is 3.18. The molecular formula is C21H23ClN4O5S. The molecule has 0 spiro atoms. The van der Waals surface area contributed by atoms with Crippen molar-refractivity contribution in [2.45, 2.75) is 5.16 Å². The van der Waals surface area contributed by atoms with Crippen LogP contribution in [0.1, 0.15) is 0 Å². The minimum atomic E-state index is -0.242. The molecule has 0 aliphatic carbocycles. The fourth-order valence-corrected chi connectivity index (χ4v) is 3.88. The van der Waals surface area contributed by atoms with Crippen LogP contribution >= 0.6 is 23.4 Å². The molecule has 0 bridgehead atoms. The highest BCUT2D eigenvalue weighted by atomic mass is 35.5. The number of carbonyl (C=O) groups excluding carboxylic acids is 1. The van der Waals surface area contributed by atoms with Crippen LogP contribution in [0.5, 0.6) is 23.0 Å². The Hall–Kier alpha value is -3.11. The SMILES string of the molecule is COc1cc(NC(=O)CSc2nnc(-c3ccc(OC)c(OC)c3)n2C)c(OC)cc1Cl. The summed E-state index contributed by atoms with van der Waals surface area (Å²) in [6.07, 6.45) is 0. The lowest BCUT2D eigenvalue weighted by molar-refractivity contribution is -0.113. The van der Waals surface area contributed by atoms with Crippen LogP contribution in [0.2, 0.25) is 5.02 Å². The first kappa shape index (κ1) is 23.6. The van der Waals surface area contributed by atoms with Crippen LogP contribution in [0, 0.1) is 0 Å². The molecule has 32 heavy (non-hydrogen) atoms. The highest BCUT2D eigenvalue weighted by Gasteiger charge is 2.17. The molecule has 3 rings (SSSR count). The summed E-state index contributed by atoms with van der Waals surface area (Å²) in [7, 11) is 7.98. The number of hydrogen-bond donors (Lipinski definition) is 1. The maximum atomic E-state index is 12.5. The Morgan fingerprint density at radius 3 is 2.31 bits per heavy atom. The van der Waals surface area contributed by atoms with Crippen molar-refractivity contribution in [2.75, 3.05) is 39.5 Å². The number of thioether (sulfide) groups is 1. The van der Waals surface area contributed by atoms with Crippen LogP contribution in [0.3, 0.4) is 0 Å². The van der Waals surface area contributed by atoms with Gasteiger partial charge in [-0.3, -0.25) is 4.79 Å².